The Kier molecular flexibility index (Phi) is 6.60. The first-order valence-corrected chi connectivity index (χ1v) is 18.2. The third kappa shape index (κ3) is 3.97. The fraction of sp³-hybridized carbons (Fsp3) is 0.938. The molecule has 3 saturated carbocycles. The Morgan fingerprint density at radius 2 is 1.72 bits per heavy atom. The SMILES string of the molecule is CC[C@H]1CC[C@H]2[C@@H]3CC=C4CCCC(OCC5OC5(C)C)(O[Si](C)(C)C(C)(C)C)[C@]4(C)[C@H]3CC[C@]12C. The third-order valence-electron chi connectivity index (χ3n) is 12.8. The van der Waals surface area contributed by atoms with E-state index in [9.17, 15) is 0 Å². The lowest BCUT2D eigenvalue weighted by Gasteiger charge is -2.64. The lowest BCUT2D eigenvalue weighted by Crippen LogP contribution is -2.65. The molecule has 36 heavy (non-hydrogen) atoms. The van der Waals surface area contributed by atoms with Crippen molar-refractivity contribution in [1.29, 1.82) is 0 Å². The standard InChI is InChI=1S/C32H56O3Si/c1-11-22-15-17-25-24-16-14-23-13-12-19-32(33-21-27-29(5,6)34-27,35-36(9,10)28(2,3)4)31(23,8)26(24)18-20-30(22,25)7/h14,22,24-27H,11-13,15-21H2,1-10H3/t22-,24-,25-,26-,27?,30+,31-,32?/m0/s1. The quantitative estimate of drug-likeness (QED) is 0.153. The maximum Gasteiger partial charge on any atom is 0.195 e. The fourth-order valence-electron chi connectivity index (χ4n) is 9.25. The van der Waals surface area contributed by atoms with Crippen molar-refractivity contribution in [2.45, 2.75) is 149 Å². The van der Waals surface area contributed by atoms with Gasteiger partial charge in [0.15, 0.2) is 14.1 Å². The monoisotopic (exact) mass is 516 g/mol. The molecule has 1 saturated heterocycles. The maximum absolute atomic E-state index is 7.60. The van der Waals surface area contributed by atoms with Crippen LogP contribution in [0.4, 0.5) is 0 Å². The summed E-state index contributed by atoms with van der Waals surface area (Å²) in [5, 5.41) is 0.148. The Labute approximate surface area is 223 Å². The highest BCUT2D eigenvalue weighted by Gasteiger charge is 2.67. The largest absolute Gasteiger partial charge is 0.389 e. The zero-order valence-corrected chi connectivity index (χ0v) is 26.3. The highest BCUT2D eigenvalue weighted by Crippen LogP contribution is 2.69. The number of allylic oxidation sites excluding steroid dienone is 1. The zero-order chi connectivity index (χ0) is 26.4. The molecule has 0 bridgehead atoms. The van der Waals surface area contributed by atoms with Crippen molar-refractivity contribution in [3.63, 3.8) is 0 Å². The summed E-state index contributed by atoms with van der Waals surface area (Å²) in [5.41, 5.74) is 2.07. The van der Waals surface area contributed by atoms with Crippen LogP contribution in [0.15, 0.2) is 11.6 Å². The number of rotatable bonds is 6. The van der Waals surface area contributed by atoms with E-state index in [0.29, 0.717) is 17.9 Å². The second-order valence-corrected chi connectivity index (χ2v) is 20.5. The summed E-state index contributed by atoms with van der Waals surface area (Å²) in [6, 6.07) is 0. The van der Waals surface area contributed by atoms with Gasteiger partial charge in [-0.3, -0.25) is 0 Å². The van der Waals surface area contributed by atoms with Crippen molar-refractivity contribution in [2.75, 3.05) is 6.61 Å². The van der Waals surface area contributed by atoms with Gasteiger partial charge in [-0.2, -0.15) is 0 Å². The Bertz CT molecular complexity index is 886. The van der Waals surface area contributed by atoms with Crippen LogP contribution in [-0.2, 0) is 13.9 Å². The van der Waals surface area contributed by atoms with Gasteiger partial charge >= 0.3 is 0 Å². The summed E-state index contributed by atoms with van der Waals surface area (Å²) in [4.78, 5) is 0. The predicted octanol–water partition coefficient (Wildman–Crippen LogP) is 8.89. The number of fused-ring (bicyclic) bond motifs is 5. The average Bonchev–Trinajstić information content (AvgIpc) is 3.24. The highest BCUT2D eigenvalue weighted by atomic mass is 28.4. The van der Waals surface area contributed by atoms with Crippen molar-refractivity contribution < 1.29 is 13.9 Å². The van der Waals surface area contributed by atoms with Crippen LogP contribution in [-0.4, -0.2) is 32.4 Å². The van der Waals surface area contributed by atoms with Crippen molar-refractivity contribution >= 4 is 8.32 Å². The molecule has 3 nitrogen and oxygen atoms in total. The highest BCUT2D eigenvalue weighted by molar-refractivity contribution is 6.74. The van der Waals surface area contributed by atoms with E-state index in [4.69, 9.17) is 13.9 Å². The van der Waals surface area contributed by atoms with E-state index in [2.05, 4.69) is 74.6 Å². The summed E-state index contributed by atoms with van der Waals surface area (Å²) in [6.45, 7) is 24.7. The molecule has 0 N–H and O–H groups in total. The van der Waals surface area contributed by atoms with Crippen LogP contribution in [0.3, 0.4) is 0 Å². The molecule has 0 amide bonds. The van der Waals surface area contributed by atoms with E-state index in [1.165, 1.54) is 51.4 Å². The van der Waals surface area contributed by atoms with Crippen LogP contribution in [0, 0.1) is 34.5 Å². The normalized spacial score (nSPS) is 45.9. The van der Waals surface area contributed by atoms with Crippen molar-refractivity contribution in [1.82, 2.24) is 0 Å². The fourth-order valence-corrected chi connectivity index (χ4v) is 10.8. The molecular formula is C32H56O3Si. The molecule has 2 unspecified atom stereocenters. The lowest BCUT2D eigenvalue weighted by atomic mass is 9.46. The van der Waals surface area contributed by atoms with Crippen molar-refractivity contribution in [2.24, 2.45) is 34.5 Å². The van der Waals surface area contributed by atoms with E-state index < -0.39 is 14.1 Å². The summed E-state index contributed by atoms with van der Waals surface area (Å²) < 4.78 is 20.8. The zero-order valence-electron chi connectivity index (χ0n) is 25.3. The second kappa shape index (κ2) is 8.67. The Balaban J connectivity index is 1.55. The second-order valence-electron chi connectivity index (χ2n) is 15.8. The van der Waals surface area contributed by atoms with E-state index in [-0.39, 0.29) is 22.2 Å². The molecule has 5 aliphatic rings. The summed E-state index contributed by atoms with van der Waals surface area (Å²) >= 11 is 0. The van der Waals surface area contributed by atoms with Gasteiger partial charge in [0.2, 0.25) is 0 Å². The molecule has 4 fully saturated rings. The molecule has 4 heteroatoms. The molecule has 0 radical (unpaired) electrons. The third-order valence-corrected chi connectivity index (χ3v) is 17.2. The minimum Gasteiger partial charge on any atom is -0.389 e. The van der Waals surface area contributed by atoms with Crippen LogP contribution < -0.4 is 0 Å². The summed E-state index contributed by atoms with van der Waals surface area (Å²) in [7, 11) is -2.08. The number of hydrogen-bond donors (Lipinski definition) is 0. The first-order valence-electron chi connectivity index (χ1n) is 15.3. The van der Waals surface area contributed by atoms with Gasteiger partial charge in [-0.25, -0.2) is 0 Å². The van der Waals surface area contributed by atoms with Gasteiger partial charge in [-0.05, 0) is 106 Å². The van der Waals surface area contributed by atoms with Crippen LogP contribution in [0.5, 0.6) is 0 Å². The maximum atomic E-state index is 7.60. The number of hydrogen-bond acceptors (Lipinski definition) is 3. The number of epoxide rings is 1. The minimum absolute atomic E-state index is 0.0473. The number of ether oxygens (including phenoxy) is 2. The molecule has 0 aromatic rings. The van der Waals surface area contributed by atoms with Gasteiger partial charge in [-0.15, -0.1) is 0 Å². The van der Waals surface area contributed by atoms with E-state index in [1.807, 2.05) is 0 Å². The molecule has 5 rings (SSSR count). The smallest absolute Gasteiger partial charge is 0.195 e. The minimum atomic E-state index is -2.08. The average molecular weight is 517 g/mol. The first kappa shape index (κ1) is 27.4. The predicted molar refractivity (Wildman–Crippen MR) is 151 cm³/mol. The molecule has 0 spiro atoms. The van der Waals surface area contributed by atoms with Crippen LogP contribution in [0.1, 0.15) is 113 Å². The Morgan fingerprint density at radius 3 is 2.33 bits per heavy atom. The van der Waals surface area contributed by atoms with E-state index in [1.54, 1.807) is 5.57 Å². The Morgan fingerprint density at radius 1 is 1.03 bits per heavy atom. The van der Waals surface area contributed by atoms with Crippen molar-refractivity contribution in [3.8, 4) is 0 Å². The first-order chi connectivity index (χ1) is 16.6. The van der Waals surface area contributed by atoms with Crippen LogP contribution in [0.2, 0.25) is 18.1 Å². The van der Waals surface area contributed by atoms with Gasteiger partial charge in [0, 0.05) is 11.8 Å². The summed E-state index contributed by atoms with van der Waals surface area (Å²) in [5.74, 6) is 2.65. The molecule has 8 atom stereocenters. The molecule has 1 heterocycles. The van der Waals surface area contributed by atoms with Crippen LogP contribution in [0.25, 0.3) is 0 Å². The topological polar surface area (TPSA) is 31.0 Å². The van der Waals surface area contributed by atoms with Crippen LogP contribution >= 0.6 is 0 Å². The molecule has 0 aromatic heterocycles. The van der Waals surface area contributed by atoms with Gasteiger partial charge < -0.3 is 13.9 Å². The molecular weight excluding hydrogens is 460 g/mol. The molecule has 1 aliphatic heterocycles. The van der Waals surface area contributed by atoms with E-state index in [0.717, 1.165) is 24.2 Å². The molecule has 206 valence electrons. The van der Waals surface area contributed by atoms with Crippen molar-refractivity contribution in [3.05, 3.63) is 11.6 Å². The Hall–Kier alpha value is -0.163. The molecule has 4 aliphatic carbocycles. The molecule has 0 aromatic carbocycles. The van der Waals surface area contributed by atoms with Gasteiger partial charge in [-0.1, -0.05) is 59.6 Å². The summed E-state index contributed by atoms with van der Waals surface area (Å²) in [6.07, 6.45) is 14.5. The van der Waals surface area contributed by atoms with Gasteiger partial charge in [0.25, 0.3) is 0 Å². The van der Waals surface area contributed by atoms with Gasteiger partial charge in [0.05, 0.1) is 12.2 Å². The lowest BCUT2D eigenvalue weighted by molar-refractivity contribution is -0.286. The van der Waals surface area contributed by atoms with Gasteiger partial charge in [0.1, 0.15) is 6.10 Å². The van der Waals surface area contributed by atoms with E-state index >= 15 is 0 Å².